The Morgan fingerprint density at radius 1 is 0.200 bits per heavy atom. The lowest BCUT2D eigenvalue weighted by Crippen LogP contribution is -2.01. The van der Waals surface area contributed by atoms with Crippen molar-refractivity contribution in [1.82, 2.24) is 19.9 Å². The molecule has 3 aliphatic rings. The van der Waals surface area contributed by atoms with Crippen molar-refractivity contribution in [2.24, 2.45) is 0 Å². The van der Waals surface area contributed by atoms with Gasteiger partial charge in [-0.25, -0.2) is 80.2 Å². The fraction of sp³-hybridized carbons (Fsp3) is 0. The lowest BCUT2D eigenvalue weighted by Gasteiger charge is -2.12. The summed E-state index contributed by atoms with van der Waals surface area (Å²) in [6, 6.07) is 25.4. The van der Waals surface area contributed by atoms with Crippen molar-refractivity contribution in [2.75, 3.05) is 0 Å². The van der Waals surface area contributed by atoms with Gasteiger partial charge < -0.3 is 9.97 Å². The van der Waals surface area contributed by atoms with Gasteiger partial charge >= 0.3 is 0 Å². The molecule has 4 nitrogen and oxygen atoms in total. The van der Waals surface area contributed by atoms with Gasteiger partial charge in [0.15, 0.2) is 93.1 Å². The zero-order valence-electron chi connectivity index (χ0n) is 39.5. The molecule has 0 radical (unpaired) electrons. The molecule has 0 amide bonds. The molecule has 0 atom stereocenters. The highest BCUT2D eigenvalue weighted by molar-refractivity contribution is 6.22. The Hall–Kier alpha value is -9.72. The fourth-order valence-electron chi connectivity index (χ4n) is 10.8. The summed E-state index contributed by atoms with van der Waals surface area (Å²) in [6.07, 6.45) is 0. The van der Waals surface area contributed by atoms with Crippen LogP contribution in [0.5, 0.6) is 0 Å². The van der Waals surface area contributed by atoms with Crippen molar-refractivity contribution >= 4 is 43.6 Å². The number of benzene rings is 8. The van der Waals surface area contributed by atoms with Crippen LogP contribution < -0.4 is 0 Å². The van der Waals surface area contributed by atoms with Gasteiger partial charge in [0.05, 0.1) is 88.6 Å². The summed E-state index contributed by atoms with van der Waals surface area (Å²) >= 11 is 0. The van der Waals surface area contributed by atoms with Gasteiger partial charge in [0.25, 0.3) is 0 Å². The maximum atomic E-state index is 17.3. The van der Waals surface area contributed by atoms with Crippen molar-refractivity contribution in [3.05, 3.63) is 214 Å². The Morgan fingerprint density at radius 3 is 0.562 bits per heavy atom. The summed E-state index contributed by atoms with van der Waals surface area (Å²) in [6.45, 7) is 0. The predicted octanol–water partition coefficient (Wildman–Crippen LogP) is 18.2. The third kappa shape index (κ3) is 6.73. The summed E-state index contributed by atoms with van der Waals surface area (Å²) in [7, 11) is 0. The SMILES string of the molecule is Fc1c(F)c(F)c2c(c1F)-c1nc-2c(-c2ccccc2)c2[nH]c(c(-c3ccccc3)c3nc(c(-c4ccccc4)c4[nH]c(c1-c1ccccc1)c1c(F)c(F)c(F)c(F)c41)-c1c(F)c(F)c(F)c(F)c1-3)c1c(F)c(F)c(F)c(F)c21. The van der Waals surface area contributed by atoms with Gasteiger partial charge in [0.2, 0.25) is 0 Å². The van der Waals surface area contributed by atoms with Gasteiger partial charge in [-0.1, -0.05) is 121 Å². The van der Waals surface area contributed by atoms with E-state index in [9.17, 15) is 0 Å². The second-order valence-electron chi connectivity index (χ2n) is 18.4. The van der Waals surface area contributed by atoms with E-state index >= 15 is 70.2 Å². The number of hydrogen-bond donors (Lipinski definition) is 2. The Morgan fingerprint density at radius 2 is 0.375 bits per heavy atom. The summed E-state index contributed by atoms with van der Waals surface area (Å²) in [5.74, 6) is -37.6. The van der Waals surface area contributed by atoms with E-state index in [-0.39, 0.29) is 22.3 Å². The van der Waals surface area contributed by atoms with Gasteiger partial charge in [-0.15, -0.1) is 0 Å². The van der Waals surface area contributed by atoms with E-state index in [4.69, 9.17) is 0 Å². The number of nitrogens with one attached hydrogen (secondary N) is 2. The zero-order chi connectivity index (χ0) is 56.1. The molecule has 8 aromatic carbocycles. The van der Waals surface area contributed by atoms with Crippen LogP contribution in [0, 0.1) is 93.1 Å². The highest BCUT2D eigenvalue weighted by atomic mass is 19.2. The number of rotatable bonds is 4. The van der Waals surface area contributed by atoms with E-state index < -0.39 is 204 Å². The Labute approximate surface area is 436 Å². The molecule has 10 aromatic rings. The second-order valence-corrected chi connectivity index (χ2v) is 18.4. The lowest BCUT2D eigenvalue weighted by atomic mass is 9.92. The van der Waals surface area contributed by atoms with Crippen LogP contribution >= 0.6 is 0 Å². The maximum absolute atomic E-state index is 17.3. The fourth-order valence-corrected chi connectivity index (χ4v) is 10.8. The van der Waals surface area contributed by atoms with E-state index in [1.807, 2.05) is 0 Å². The molecule has 20 heteroatoms. The minimum absolute atomic E-state index is 0.309. The van der Waals surface area contributed by atoms with Crippen molar-refractivity contribution in [3.63, 3.8) is 0 Å². The molecule has 0 saturated heterocycles. The lowest BCUT2D eigenvalue weighted by molar-refractivity contribution is 0.413. The van der Waals surface area contributed by atoms with Crippen molar-refractivity contribution < 1.29 is 70.2 Å². The van der Waals surface area contributed by atoms with Gasteiger partial charge in [-0.3, -0.25) is 0 Å². The second kappa shape index (κ2) is 17.9. The van der Waals surface area contributed by atoms with Crippen LogP contribution in [0.2, 0.25) is 0 Å². The highest BCUT2D eigenvalue weighted by Crippen LogP contribution is 2.55. The normalized spacial score (nSPS) is 12.0. The van der Waals surface area contributed by atoms with Gasteiger partial charge in [0, 0.05) is 22.3 Å². The molecule has 4 heterocycles. The molecular formula is C60H22F16N4. The number of hydrogen-bond acceptors (Lipinski definition) is 2. The average Bonchev–Trinajstić information content (AvgIpc) is 4.35. The molecule has 0 fully saturated rings. The van der Waals surface area contributed by atoms with Gasteiger partial charge in [0.1, 0.15) is 0 Å². The van der Waals surface area contributed by atoms with Crippen LogP contribution in [0.4, 0.5) is 70.2 Å². The number of aromatic amines is 2. The van der Waals surface area contributed by atoms with Crippen LogP contribution in [-0.2, 0) is 0 Å². The molecule has 0 unspecified atom stereocenters. The minimum Gasteiger partial charge on any atom is -0.353 e. The van der Waals surface area contributed by atoms with Crippen LogP contribution in [0.15, 0.2) is 121 Å². The summed E-state index contributed by atoms with van der Waals surface area (Å²) in [4.78, 5) is 14.4. The van der Waals surface area contributed by atoms with E-state index in [0.717, 1.165) is 0 Å². The van der Waals surface area contributed by atoms with Gasteiger partial charge in [-0.05, 0) is 22.3 Å². The number of aromatic nitrogens is 4. The molecule has 8 bridgehead atoms. The van der Waals surface area contributed by atoms with Crippen molar-refractivity contribution in [1.29, 1.82) is 0 Å². The monoisotopic (exact) mass is 1100 g/mol. The first-order chi connectivity index (χ1) is 38.4. The number of H-pyrrole nitrogens is 2. The molecule has 1 aliphatic carbocycles. The van der Waals surface area contributed by atoms with Crippen LogP contribution in [0.3, 0.4) is 0 Å². The predicted molar refractivity (Wildman–Crippen MR) is 266 cm³/mol. The third-order valence-electron chi connectivity index (χ3n) is 14.2. The Bertz CT molecular complexity index is 4170. The smallest absolute Gasteiger partial charge is 0.198 e. The Kier molecular flexibility index (Phi) is 11.2. The largest absolute Gasteiger partial charge is 0.353 e. The molecule has 13 rings (SSSR count). The maximum Gasteiger partial charge on any atom is 0.198 e. The molecule has 2 aromatic heterocycles. The van der Waals surface area contributed by atoms with E-state index in [2.05, 4.69) is 19.9 Å². The summed E-state index contributed by atoms with van der Waals surface area (Å²) in [5.41, 5.74) is -17.8. The summed E-state index contributed by atoms with van der Waals surface area (Å²) in [5, 5.41) is -5.19. The topological polar surface area (TPSA) is 57.4 Å². The zero-order valence-corrected chi connectivity index (χ0v) is 39.5. The van der Waals surface area contributed by atoms with Crippen LogP contribution in [0.1, 0.15) is 0 Å². The van der Waals surface area contributed by atoms with Crippen molar-refractivity contribution in [3.8, 4) is 89.5 Å². The van der Waals surface area contributed by atoms with Crippen LogP contribution in [-0.4, -0.2) is 19.9 Å². The quantitative estimate of drug-likeness (QED) is 0.105. The molecule has 0 spiro atoms. The van der Waals surface area contributed by atoms with E-state index in [0.29, 0.717) is 0 Å². The van der Waals surface area contributed by atoms with E-state index in [1.54, 1.807) is 0 Å². The van der Waals surface area contributed by atoms with Crippen molar-refractivity contribution in [2.45, 2.75) is 0 Å². The average molecular weight is 1100 g/mol. The first kappa shape index (κ1) is 49.8. The molecular weight excluding hydrogens is 1080 g/mol. The summed E-state index contributed by atoms with van der Waals surface area (Å²) < 4.78 is 267. The highest BCUT2D eigenvalue weighted by Gasteiger charge is 2.41. The molecule has 2 N–H and O–H groups in total. The molecule has 2 aliphatic heterocycles. The first-order valence-electron chi connectivity index (χ1n) is 23.6. The first-order valence-corrected chi connectivity index (χ1v) is 23.6. The number of halogens is 16. The number of nitrogens with zero attached hydrogens (tertiary/aromatic N) is 2. The third-order valence-corrected chi connectivity index (χ3v) is 14.2. The minimum atomic E-state index is -2.49. The molecule has 80 heavy (non-hydrogen) atoms. The molecule has 394 valence electrons. The Balaban J connectivity index is 1.50. The van der Waals surface area contributed by atoms with E-state index in [1.165, 1.54) is 121 Å². The van der Waals surface area contributed by atoms with Gasteiger partial charge in [-0.2, -0.15) is 0 Å². The van der Waals surface area contributed by atoms with Crippen LogP contribution in [0.25, 0.3) is 133 Å². The molecule has 0 saturated carbocycles. The standard InChI is InChI=1S/C60H22F16N4/c61-37-29-31(39(63)47(71)45(37)69)55-26(22-15-7-2-8-16-22)57-33-35(43(67)51(75)49(73)41(33)65)59(79-57)28(24-19-11-4-12-20-24)60-36-34(42(66)50(74)52(76)44(36)68)58(80-60)27(23-17-9-3-10-18-23)56-32-30(38(62)46(70)48(72)40(32)64)54(78-56)25(53(29)77-55)21-13-5-1-6-14-21/h1-20,77,80H.